The fraction of sp³-hybridized carbons (Fsp3) is 0.167. The van der Waals surface area contributed by atoms with Crippen LogP contribution >= 0.6 is 0 Å². The second-order valence-electron chi connectivity index (χ2n) is 8.23. The van der Waals surface area contributed by atoms with Crippen LogP contribution in [-0.4, -0.2) is 20.2 Å². The van der Waals surface area contributed by atoms with Gasteiger partial charge in [0.2, 0.25) is 5.91 Å². The highest BCUT2D eigenvalue weighted by molar-refractivity contribution is 7.92. The fourth-order valence-electron chi connectivity index (χ4n) is 2.70. The molecule has 8 heteroatoms. The van der Waals surface area contributed by atoms with Crippen molar-refractivity contribution in [2.24, 2.45) is 5.41 Å². The van der Waals surface area contributed by atoms with Crippen molar-refractivity contribution in [3.8, 4) is 0 Å². The number of anilines is 3. The second kappa shape index (κ2) is 9.23. The van der Waals surface area contributed by atoms with Crippen molar-refractivity contribution >= 4 is 38.9 Å². The van der Waals surface area contributed by atoms with Crippen molar-refractivity contribution in [2.75, 3.05) is 15.4 Å². The molecule has 0 bridgehead atoms. The number of hydrogen-bond donors (Lipinski definition) is 3. The van der Waals surface area contributed by atoms with Gasteiger partial charge < -0.3 is 10.6 Å². The van der Waals surface area contributed by atoms with E-state index in [0.29, 0.717) is 22.6 Å². The predicted octanol–water partition coefficient (Wildman–Crippen LogP) is 4.72. The van der Waals surface area contributed by atoms with Gasteiger partial charge in [0, 0.05) is 28.0 Å². The average molecular weight is 452 g/mol. The first kappa shape index (κ1) is 23.0. The molecule has 0 aliphatic heterocycles. The first-order chi connectivity index (χ1) is 15.0. The second-order valence-corrected chi connectivity index (χ2v) is 9.92. The Morgan fingerprint density at radius 1 is 0.719 bits per heavy atom. The predicted molar refractivity (Wildman–Crippen MR) is 126 cm³/mol. The molecule has 0 unspecified atom stereocenters. The Morgan fingerprint density at radius 2 is 1.28 bits per heavy atom. The van der Waals surface area contributed by atoms with E-state index in [2.05, 4.69) is 15.4 Å². The summed E-state index contributed by atoms with van der Waals surface area (Å²) in [5.74, 6) is -0.536. The summed E-state index contributed by atoms with van der Waals surface area (Å²) in [4.78, 5) is 24.8. The highest BCUT2D eigenvalue weighted by Gasteiger charge is 2.21. The molecule has 0 aliphatic carbocycles. The van der Waals surface area contributed by atoms with Gasteiger partial charge in [0.1, 0.15) is 0 Å². The summed E-state index contributed by atoms with van der Waals surface area (Å²) in [7, 11) is -3.77. The van der Waals surface area contributed by atoms with E-state index in [4.69, 9.17) is 0 Å². The number of nitrogens with one attached hydrogen (secondary N) is 3. The Morgan fingerprint density at radius 3 is 1.88 bits per heavy atom. The number of hydrogen-bond acceptors (Lipinski definition) is 4. The van der Waals surface area contributed by atoms with Gasteiger partial charge in [-0.25, -0.2) is 8.42 Å². The Hall–Kier alpha value is -3.65. The van der Waals surface area contributed by atoms with Crippen molar-refractivity contribution in [1.29, 1.82) is 0 Å². The number of carbonyl (C=O) groups is 2. The maximum Gasteiger partial charge on any atom is 0.261 e. The van der Waals surface area contributed by atoms with Crippen LogP contribution in [0.25, 0.3) is 0 Å². The van der Waals surface area contributed by atoms with E-state index in [1.165, 1.54) is 24.3 Å². The average Bonchev–Trinajstić information content (AvgIpc) is 2.74. The third kappa shape index (κ3) is 5.95. The molecule has 32 heavy (non-hydrogen) atoms. The Labute approximate surface area is 187 Å². The van der Waals surface area contributed by atoms with Gasteiger partial charge >= 0.3 is 0 Å². The van der Waals surface area contributed by atoms with Crippen molar-refractivity contribution in [3.05, 3.63) is 84.4 Å². The van der Waals surface area contributed by atoms with Crippen LogP contribution in [0.1, 0.15) is 31.1 Å². The lowest BCUT2D eigenvalue weighted by Gasteiger charge is -2.18. The highest BCUT2D eigenvalue weighted by atomic mass is 32.2. The summed E-state index contributed by atoms with van der Waals surface area (Å²) in [5.41, 5.74) is 1.28. The van der Waals surface area contributed by atoms with Crippen LogP contribution in [-0.2, 0) is 14.8 Å². The topological polar surface area (TPSA) is 104 Å². The van der Waals surface area contributed by atoms with Crippen LogP contribution in [0.2, 0.25) is 0 Å². The molecule has 0 saturated heterocycles. The maximum atomic E-state index is 12.6. The molecular formula is C24H25N3O4S. The number of para-hydroxylation sites is 1. The summed E-state index contributed by atoms with van der Waals surface area (Å²) in [6.45, 7) is 5.44. The van der Waals surface area contributed by atoms with Gasteiger partial charge in [-0.15, -0.1) is 0 Å². The van der Waals surface area contributed by atoms with Crippen molar-refractivity contribution < 1.29 is 18.0 Å². The SMILES string of the molecule is CC(C)(C)C(=O)Nc1cccc(NC(=O)c2ccc(S(=O)(=O)Nc3ccccc3)cc2)c1. The minimum Gasteiger partial charge on any atom is -0.326 e. The summed E-state index contributed by atoms with van der Waals surface area (Å²) in [6, 6.07) is 21.0. The molecule has 0 heterocycles. The first-order valence-corrected chi connectivity index (χ1v) is 11.4. The molecule has 3 aromatic carbocycles. The van der Waals surface area contributed by atoms with Crippen molar-refractivity contribution in [3.63, 3.8) is 0 Å². The van der Waals surface area contributed by atoms with Gasteiger partial charge in [-0.3, -0.25) is 14.3 Å². The van der Waals surface area contributed by atoms with Crippen LogP contribution in [0, 0.1) is 5.41 Å². The van der Waals surface area contributed by atoms with Gasteiger partial charge in [-0.05, 0) is 54.6 Å². The Bertz CT molecular complexity index is 1220. The van der Waals surface area contributed by atoms with Gasteiger partial charge in [0.25, 0.3) is 15.9 Å². The molecule has 0 radical (unpaired) electrons. The van der Waals surface area contributed by atoms with Crippen molar-refractivity contribution in [2.45, 2.75) is 25.7 Å². The zero-order valence-corrected chi connectivity index (χ0v) is 18.9. The molecule has 0 fully saturated rings. The number of rotatable bonds is 6. The van der Waals surface area contributed by atoms with Gasteiger partial charge in [0.05, 0.1) is 4.90 Å². The van der Waals surface area contributed by atoms with E-state index in [0.717, 1.165) is 0 Å². The lowest BCUT2D eigenvalue weighted by Crippen LogP contribution is -2.27. The minimum atomic E-state index is -3.77. The number of benzene rings is 3. The molecule has 0 spiro atoms. The minimum absolute atomic E-state index is 0.0461. The van der Waals surface area contributed by atoms with E-state index in [9.17, 15) is 18.0 Å². The maximum absolute atomic E-state index is 12.6. The molecule has 0 saturated carbocycles. The van der Waals surface area contributed by atoms with Crippen LogP contribution in [0.15, 0.2) is 83.8 Å². The van der Waals surface area contributed by atoms with E-state index < -0.39 is 21.3 Å². The molecule has 0 atom stereocenters. The number of amides is 2. The summed E-state index contributed by atoms with van der Waals surface area (Å²) >= 11 is 0. The standard InChI is InChI=1S/C24H25N3O4S/c1-24(2,3)23(29)26-20-11-7-10-19(16-20)25-22(28)17-12-14-21(15-13-17)32(30,31)27-18-8-5-4-6-9-18/h4-16,27H,1-3H3,(H,25,28)(H,26,29). The third-order valence-electron chi connectivity index (χ3n) is 4.51. The lowest BCUT2D eigenvalue weighted by molar-refractivity contribution is -0.123. The zero-order valence-electron chi connectivity index (χ0n) is 18.0. The van der Waals surface area contributed by atoms with Crippen LogP contribution in [0.5, 0.6) is 0 Å². The van der Waals surface area contributed by atoms with Crippen LogP contribution in [0.3, 0.4) is 0 Å². The quantitative estimate of drug-likeness (QED) is 0.504. The van der Waals surface area contributed by atoms with E-state index in [-0.39, 0.29) is 10.8 Å². The highest BCUT2D eigenvalue weighted by Crippen LogP contribution is 2.21. The lowest BCUT2D eigenvalue weighted by atomic mass is 9.95. The molecule has 0 aliphatic rings. The summed E-state index contributed by atoms with van der Waals surface area (Å²) in [5, 5.41) is 5.57. The zero-order chi connectivity index (χ0) is 23.4. The van der Waals surface area contributed by atoms with E-state index in [1.54, 1.807) is 54.6 Å². The Balaban J connectivity index is 1.69. The summed E-state index contributed by atoms with van der Waals surface area (Å²) < 4.78 is 27.5. The van der Waals surface area contributed by atoms with Crippen LogP contribution in [0.4, 0.5) is 17.1 Å². The normalized spacial score (nSPS) is 11.5. The molecule has 7 nitrogen and oxygen atoms in total. The molecule has 3 rings (SSSR count). The number of carbonyl (C=O) groups excluding carboxylic acids is 2. The fourth-order valence-corrected chi connectivity index (χ4v) is 3.76. The van der Waals surface area contributed by atoms with E-state index >= 15 is 0 Å². The van der Waals surface area contributed by atoms with E-state index in [1.807, 2.05) is 20.8 Å². The molecule has 3 aromatic rings. The van der Waals surface area contributed by atoms with Crippen molar-refractivity contribution in [1.82, 2.24) is 0 Å². The summed E-state index contributed by atoms with van der Waals surface area (Å²) in [6.07, 6.45) is 0. The Kier molecular flexibility index (Phi) is 6.64. The molecular weight excluding hydrogens is 426 g/mol. The largest absolute Gasteiger partial charge is 0.326 e. The molecule has 3 N–H and O–H groups in total. The molecule has 2 amide bonds. The smallest absolute Gasteiger partial charge is 0.261 e. The van der Waals surface area contributed by atoms with Crippen LogP contribution < -0.4 is 15.4 Å². The molecule has 166 valence electrons. The molecule has 0 aromatic heterocycles. The third-order valence-corrected chi connectivity index (χ3v) is 5.91. The first-order valence-electron chi connectivity index (χ1n) is 9.95. The van der Waals surface area contributed by atoms with Gasteiger partial charge in [0.15, 0.2) is 0 Å². The number of sulfonamides is 1. The van der Waals surface area contributed by atoms with Gasteiger partial charge in [-0.2, -0.15) is 0 Å². The van der Waals surface area contributed by atoms with Gasteiger partial charge in [-0.1, -0.05) is 45.0 Å². The monoisotopic (exact) mass is 451 g/mol.